The number of urea groups is 1. The molecule has 0 bridgehead atoms. The van der Waals surface area contributed by atoms with Crippen molar-refractivity contribution < 1.29 is 9.21 Å². The third-order valence-electron chi connectivity index (χ3n) is 2.70. The quantitative estimate of drug-likeness (QED) is 0.873. The number of benzene rings is 1. The van der Waals surface area contributed by atoms with E-state index in [0.29, 0.717) is 12.8 Å². The predicted octanol–water partition coefficient (Wildman–Crippen LogP) is 2.84. The molecule has 0 aliphatic rings. The van der Waals surface area contributed by atoms with E-state index in [1.807, 2.05) is 30.3 Å². The van der Waals surface area contributed by atoms with Crippen LogP contribution < -0.4 is 10.6 Å². The van der Waals surface area contributed by atoms with E-state index in [0.717, 1.165) is 5.56 Å². The van der Waals surface area contributed by atoms with E-state index in [4.69, 9.17) is 9.68 Å². The molecule has 2 aromatic rings. The molecule has 2 N–H and O–H groups in total. The van der Waals surface area contributed by atoms with E-state index in [1.165, 1.54) is 12.5 Å². The van der Waals surface area contributed by atoms with Crippen LogP contribution in [0.15, 0.2) is 47.2 Å². The van der Waals surface area contributed by atoms with Gasteiger partial charge in [0.05, 0.1) is 18.3 Å². The summed E-state index contributed by atoms with van der Waals surface area (Å²) in [5, 5.41) is 14.0. The van der Waals surface area contributed by atoms with Gasteiger partial charge in [-0.1, -0.05) is 30.3 Å². The van der Waals surface area contributed by atoms with Crippen molar-refractivity contribution in [1.82, 2.24) is 10.3 Å². The van der Waals surface area contributed by atoms with Gasteiger partial charge >= 0.3 is 12.0 Å². The van der Waals surface area contributed by atoms with Crippen LogP contribution in [0.1, 0.15) is 24.4 Å². The first kappa shape index (κ1) is 13.6. The number of nitrogens with one attached hydrogen (secondary N) is 2. The van der Waals surface area contributed by atoms with Crippen molar-refractivity contribution in [3.63, 3.8) is 0 Å². The number of amides is 2. The van der Waals surface area contributed by atoms with Crippen LogP contribution in [0.5, 0.6) is 0 Å². The Kier molecular flexibility index (Phi) is 4.73. The highest BCUT2D eigenvalue weighted by atomic mass is 16.4. The first-order chi connectivity index (χ1) is 9.79. The minimum absolute atomic E-state index is 0.134. The van der Waals surface area contributed by atoms with Gasteiger partial charge in [0.1, 0.15) is 6.26 Å². The van der Waals surface area contributed by atoms with Crippen molar-refractivity contribution in [1.29, 1.82) is 5.26 Å². The lowest BCUT2D eigenvalue weighted by Crippen LogP contribution is -2.32. The molecule has 0 spiro atoms. The third-order valence-corrected chi connectivity index (χ3v) is 2.70. The van der Waals surface area contributed by atoms with Crippen molar-refractivity contribution >= 4 is 12.0 Å². The molecule has 6 heteroatoms. The summed E-state index contributed by atoms with van der Waals surface area (Å²) in [5.41, 5.74) is 0.949. The molecule has 0 unspecified atom stereocenters. The molecule has 6 nitrogen and oxygen atoms in total. The molecule has 0 saturated heterocycles. The number of rotatable bonds is 5. The van der Waals surface area contributed by atoms with E-state index in [-0.39, 0.29) is 12.1 Å². The minimum Gasteiger partial charge on any atom is -0.432 e. The highest BCUT2D eigenvalue weighted by molar-refractivity contribution is 5.87. The van der Waals surface area contributed by atoms with Crippen LogP contribution in [0, 0.1) is 11.3 Å². The maximum absolute atomic E-state index is 11.9. The Morgan fingerprint density at radius 2 is 2.20 bits per heavy atom. The maximum atomic E-state index is 11.9. The molecular formula is C14H14N4O2. The van der Waals surface area contributed by atoms with Crippen molar-refractivity contribution in [3.8, 4) is 6.07 Å². The SMILES string of the molecule is N#CCC[C@@H](NC(=O)Nc1ncco1)c1ccccc1. The molecule has 0 fully saturated rings. The Morgan fingerprint density at radius 1 is 1.40 bits per heavy atom. The number of carbonyl (C=O) groups excluding carboxylic acids is 1. The highest BCUT2D eigenvalue weighted by Gasteiger charge is 2.15. The first-order valence-electron chi connectivity index (χ1n) is 6.18. The van der Waals surface area contributed by atoms with Gasteiger partial charge in [0, 0.05) is 6.42 Å². The molecule has 0 aliphatic carbocycles. The second kappa shape index (κ2) is 6.95. The standard InChI is InChI=1S/C14H14N4O2/c15-8-4-7-12(11-5-2-1-3-6-11)17-13(19)18-14-16-9-10-20-14/h1-3,5-6,9-10,12H,4,7H2,(H2,16,17,18,19)/t12-/m1/s1. The number of hydrogen-bond acceptors (Lipinski definition) is 4. The van der Waals surface area contributed by atoms with Crippen LogP contribution in [0.3, 0.4) is 0 Å². The normalized spacial score (nSPS) is 11.3. The Morgan fingerprint density at radius 3 is 2.85 bits per heavy atom. The second-order valence-electron chi connectivity index (χ2n) is 4.10. The smallest absolute Gasteiger partial charge is 0.323 e. The monoisotopic (exact) mass is 270 g/mol. The molecule has 1 aromatic carbocycles. The Hall–Kier alpha value is -2.81. The highest BCUT2D eigenvalue weighted by Crippen LogP contribution is 2.18. The fourth-order valence-corrected chi connectivity index (χ4v) is 1.79. The summed E-state index contributed by atoms with van der Waals surface area (Å²) in [5.74, 6) is 0. The number of oxazole rings is 1. The van der Waals surface area contributed by atoms with Crippen molar-refractivity contribution in [2.75, 3.05) is 5.32 Å². The van der Waals surface area contributed by atoms with Gasteiger partial charge in [0.15, 0.2) is 0 Å². The number of hydrogen-bond donors (Lipinski definition) is 2. The van der Waals surface area contributed by atoms with E-state index in [1.54, 1.807) is 0 Å². The minimum atomic E-state index is -0.417. The maximum Gasteiger partial charge on any atom is 0.323 e. The van der Waals surface area contributed by atoms with Gasteiger partial charge in [-0.15, -0.1) is 0 Å². The van der Waals surface area contributed by atoms with Crippen molar-refractivity contribution in [2.45, 2.75) is 18.9 Å². The lowest BCUT2D eigenvalue weighted by Gasteiger charge is -2.17. The number of carbonyl (C=O) groups is 1. The summed E-state index contributed by atoms with van der Waals surface area (Å²) in [6.07, 6.45) is 3.72. The van der Waals surface area contributed by atoms with E-state index in [9.17, 15) is 4.79 Å². The molecule has 1 atom stereocenters. The van der Waals surface area contributed by atoms with E-state index in [2.05, 4.69) is 21.7 Å². The largest absolute Gasteiger partial charge is 0.432 e. The number of anilines is 1. The van der Waals surface area contributed by atoms with Gasteiger partial charge in [-0.3, -0.25) is 5.32 Å². The van der Waals surface area contributed by atoms with Gasteiger partial charge < -0.3 is 9.73 Å². The first-order valence-corrected chi connectivity index (χ1v) is 6.18. The molecule has 1 aromatic heterocycles. The average molecular weight is 270 g/mol. The Labute approximate surface area is 116 Å². The Balaban J connectivity index is 2.00. The molecular weight excluding hydrogens is 256 g/mol. The number of nitriles is 1. The average Bonchev–Trinajstić information content (AvgIpc) is 2.97. The Bertz CT molecular complexity index is 575. The summed E-state index contributed by atoms with van der Waals surface area (Å²) in [7, 11) is 0. The molecule has 0 radical (unpaired) electrons. The summed E-state index contributed by atoms with van der Waals surface area (Å²) in [6.45, 7) is 0. The van der Waals surface area contributed by atoms with Gasteiger partial charge in [0.2, 0.25) is 0 Å². The molecule has 20 heavy (non-hydrogen) atoms. The van der Waals surface area contributed by atoms with Crippen molar-refractivity contribution in [2.24, 2.45) is 0 Å². The van der Waals surface area contributed by atoms with E-state index < -0.39 is 6.03 Å². The summed E-state index contributed by atoms with van der Waals surface area (Å²) < 4.78 is 4.94. The molecule has 2 rings (SSSR count). The summed E-state index contributed by atoms with van der Waals surface area (Å²) in [6, 6.07) is 11.1. The van der Waals surface area contributed by atoms with Crippen LogP contribution in [0.25, 0.3) is 0 Å². The lowest BCUT2D eigenvalue weighted by atomic mass is 10.0. The molecule has 2 amide bonds. The fraction of sp³-hybridized carbons (Fsp3) is 0.214. The van der Waals surface area contributed by atoms with Gasteiger partial charge in [-0.05, 0) is 12.0 Å². The predicted molar refractivity (Wildman–Crippen MR) is 72.7 cm³/mol. The molecule has 0 aliphatic heterocycles. The second-order valence-corrected chi connectivity index (χ2v) is 4.10. The zero-order valence-corrected chi connectivity index (χ0v) is 10.7. The van der Waals surface area contributed by atoms with Crippen molar-refractivity contribution in [3.05, 3.63) is 48.4 Å². The van der Waals surface area contributed by atoms with Gasteiger partial charge in [-0.2, -0.15) is 5.26 Å². The summed E-state index contributed by atoms with van der Waals surface area (Å²) >= 11 is 0. The molecule has 0 saturated carbocycles. The van der Waals surface area contributed by atoms with E-state index >= 15 is 0 Å². The zero-order chi connectivity index (χ0) is 14.2. The fourth-order valence-electron chi connectivity index (χ4n) is 1.79. The van der Waals surface area contributed by atoms with Crippen LogP contribution in [0.4, 0.5) is 10.8 Å². The van der Waals surface area contributed by atoms with Gasteiger partial charge in [0.25, 0.3) is 0 Å². The number of aromatic nitrogens is 1. The zero-order valence-electron chi connectivity index (χ0n) is 10.7. The molecule has 1 heterocycles. The summed E-state index contributed by atoms with van der Waals surface area (Å²) in [4.78, 5) is 15.7. The van der Waals surface area contributed by atoms with Crippen LogP contribution in [-0.4, -0.2) is 11.0 Å². The number of nitrogens with zero attached hydrogens (tertiary/aromatic N) is 2. The molecule has 102 valence electrons. The van der Waals surface area contributed by atoms with Crippen LogP contribution >= 0.6 is 0 Å². The van der Waals surface area contributed by atoms with Gasteiger partial charge in [-0.25, -0.2) is 9.78 Å². The lowest BCUT2D eigenvalue weighted by molar-refractivity contribution is 0.247. The van der Waals surface area contributed by atoms with Crippen LogP contribution in [-0.2, 0) is 0 Å². The third kappa shape index (κ3) is 3.85. The topological polar surface area (TPSA) is 91.0 Å². The van der Waals surface area contributed by atoms with Crippen LogP contribution in [0.2, 0.25) is 0 Å².